The molecule has 0 radical (unpaired) electrons. The van der Waals surface area contributed by atoms with Crippen LogP contribution in [-0.2, 0) is 6.61 Å². The molecule has 7 nitrogen and oxygen atoms in total. The van der Waals surface area contributed by atoms with Crippen molar-refractivity contribution >= 4 is 11.7 Å². The second-order valence-electron chi connectivity index (χ2n) is 6.50. The fraction of sp³-hybridized carbons (Fsp3) is 0.136. The predicted molar refractivity (Wildman–Crippen MR) is 112 cm³/mol. The summed E-state index contributed by atoms with van der Waals surface area (Å²) in [6.07, 6.45) is 0. The van der Waals surface area contributed by atoms with Crippen molar-refractivity contribution in [2.45, 2.75) is 13.5 Å². The maximum absolute atomic E-state index is 12.2. The molecule has 0 heterocycles. The normalized spacial score (nSPS) is 10.3. The molecule has 150 valence electrons. The van der Waals surface area contributed by atoms with E-state index in [-0.39, 0.29) is 6.61 Å². The van der Waals surface area contributed by atoms with Crippen molar-refractivity contribution < 1.29 is 14.3 Å². The van der Waals surface area contributed by atoms with E-state index in [1.165, 1.54) is 7.05 Å². The second-order valence-corrected chi connectivity index (χ2v) is 6.50. The number of aryl methyl sites for hydroxylation is 1. The van der Waals surface area contributed by atoms with Gasteiger partial charge in [-0.1, -0.05) is 48.5 Å². The Balaban J connectivity index is 1.83. The first-order valence-electron chi connectivity index (χ1n) is 9.08. The Morgan fingerprint density at radius 1 is 0.931 bits per heavy atom. The Bertz CT molecular complexity index is 977. The second kappa shape index (κ2) is 9.09. The highest BCUT2D eigenvalue weighted by atomic mass is 16.5. The summed E-state index contributed by atoms with van der Waals surface area (Å²) in [5, 5.41) is 1.88. The van der Waals surface area contributed by atoms with Crippen molar-refractivity contribution in [1.82, 2.24) is 5.01 Å². The molecule has 3 rings (SSSR count). The SMILES string of the molecule is Cc1cccc(N(N)C(=O)N(C)N)c1OCc1ccccc1Oc1ccccc1. The molecule has 0 aromatic heterocycles. The lowest BCUT2D eigenvalue weighted by Crippen LogP contribution is -2.48. The van der Waals surface area contributed by atoms with Gasteiger partial charge in [-0.25, -0.2) is 21.5 Å². The summed E-state index contributed by atoms with van der Waals surface area (Å²) in [6, 6.07) is 22.0. The van der Waals surface area contributed by atoms with E-state index in [2.05, 4.69) is 0 Å². The molecule has 0 saturated heterocycles. The van der Waals surface area contributed by atoms with Crippen molar-refractivity contribution in [2.75, 3.05) is 12.1 Å². The number of anilines is 1. The van der Waals surface area contributed by atoms with Crippen LogP contribution in [0.1, 0.15) is 11.1 Å². The van der Waals surface area contributed by atoms with E-state index in [0.29, 0.717) is 17.2 Å². The third-order valence-corrected chi connectivity index (χ3v) is 4.27. The van der Waals surface area contributed by atoms with Gasteiger partial charge in [0.25, 0.3) is 0 Å². The fourth-order valence-electron chi connectivity index (χ4n) is 2.78. The topological polar surface area (TPSA) is 94.1 Å². The highest BCUT2D eigenvalue weighted by Gasteiger charge is 2.20. The van der Waals surface area contributed by atoms with Gasteiger partial charge in [0.15, 0.2) is 0 Å². The molecule has 29 heavy (non-hydrogen) atoms. The molecule has 0 aliphatic heterocycles. The monoisotopic (exact) mass is 392 g/mol. The highest BCUT2D eigenvalue weighted by Crippen LogP contribution is 2.33. The molecule has 7 heteroatoms. The molecule has 0 aliphatic carbocycles. The number of carbonyl (C=O) groups is 1. The number of para-hydroxylation sites is 3. The number of nitrogens with zero attached hydrogens (tertiary/aromatic N) is 2. The van der Waals surface area contributed by atoms with Gasteiger partial charge in [-0.2, -0.15) is 0 Å². The van der Waals surface area contributed by atoms with Crippen molar-refractivity contribution in [1.29, 1.82) is 0 Å². The fourth-order valence-corrected chi connectivity index (χ4v) is 2.78. The number of rotatable bonds is 6. The first kappa shape index (κ1) is 20.2. The minimum absolute atomic E-state index is 0.237. The number of nitrogens with two attached hydrogens (primary N) is 2. The summed E-state index contributed by atoms with van der Waals surface area (Å²) in [5.41, 5.74) is 2.12. The van der Waals surface area contributed by atoms with Gasteiger partial charge in [-0.3, -0.25) is 5.01 Å². The standard InChI is InChI=1S/C22H24N4O3/c1-16-9-8-13-19(26(24)22(27)25(2)23)21(16)28-15-17-10-6-7-14-20(17)29-18-11-4-3-5-12-18/h3-14H,15,23-24H2,1-2H3. The summed E-state index contributed by atoms with van der Waals surface area (Å²) < 4.78 is 12.1. The lowest BCUT2D eigenvalue weighted by Gasteiger charge is -2.24. The van der Waals surface area contributed by atoms with Gasteiger partial charge in [0.1, 0.15) is 29.5 Å². The molecule has 3 aromatic rings. The van der Waals surface area contributed by atoms with Crippen LogP contribution in [0.3, 0.4) is 0 Å². The average molecular weight is 392 g/mol. The number of ether oxygens (including phenoxy) is 2. The minimum atomic E-state index is -0.562. The van der Waals surface area contributed by atoms with Crippen LogP contribution in [0.5, 0.6) is 17.2 Å². The van der Waals surface area contributed by atoms with Gasteiger partial charge in [0.05, 0.1) is 0 Å². The molecule has 0 aliphatic rings. The van der Waals surface area contributed by atoms with Gasteiger partial charge >= 0.3 is 6.03 Å². The molecule has 3 aromatic carbocycles. The quantitative estimate of drug-likeness (QED) is 0.376. The summed E-state index contributed by atoms with van der Waals surface area (Å²) in [6.45, 7) is 2.12. The van der Waals surface area contributed by atoms with Gasteiger partial charge in [0.2, 0.25) is 0 Å². The molecule has 0 fully saturated rings. The van der Waals surface area contributed by atoms with Crippen LogP contribution in [0.2, 0.25) is 0 Å². The maximum atomic E-state index is 12.2. The molecule has 0 atom stereocenters. The molecule has 0 unspecified atom stereocenters. The Labute approximate surface area is 170 Å². The Morgan fingerprint density at radius 2 is 1.62 bits per heavy atom. The van der Waals surface area contributed by atoms with Gasteiger partial charge < -0.3 is 9.47 Å². The number of carbonyl (C=O) groups excluding carboxylic acids is 1. The summed E-state index contributed by atoms with van der Waals surface area (Å²) >= 11 is 0. The van der Waals surface area contributed by atoms with Crippen LogP contribution in [0, 0.1) is 6.92 Å². The minimum Gasteiger partial charge on any atom is -0.486 e. The molecule has 0 saturated carbocycles. The van der Waals surface area contributed by atoms with E-state index in [4.69, 9.17) is 21.2 Å². The third-order valence-electron chi connectivity index (χ3n) is 4.27. The molecule has 0 bridgehead atoms. The number of hydrogen-bond acceptors (Lipinski definition) is 5. The van der Waals surface area contributed by atoms with Crippen LogP contribution in [0.4, 0.5) is 10.5 Å². The lowest BCUT2D eigenvalue weighted by atomic mass is 10.1. The predicted octanol–water partition coefficient (Wildman–Crippen LogP) is 3.97. The average Bonchev–Trinajstić information content (AvgIpc) is 2.73. The molecule has 4 N–H and O–H groups in total. The van der Waals surface area contributed by atoms with Crippen molar-refractivity contribution in [3.8, 4) is 17.2 Å². The van der Waals surface area contributed by atoms with Crippen LogP contribution in [0.25, 0.3) is 0 Å². The zero-order valence-corrected chi connectivity index (χ0v) is 16.4. The number of urea groups is 1. The maximum Gasteiger partial charge on any atom is 0.352 e. The smallest absolute Gasteiger partial charge is 0.352 e. The Hall–Kier alpha value is -3.55. The van der Waals surface area contributed by atoms with E-state index in [1.54, 1.807) is 12.1 Å². The van der Waals surface area contributed by atoms with Crippen LogP contribution in [0.15, 0.2) is 72.8 Å². The zero-order valence-electron chi connectivity index (χ0n) is 16.4. The van der Waals surface area contributed by atoms with Crippen LogP contribution >= 0.6 is 0 Å². The first-order chi connectivity index (χ1) is 14.0. The molecular formula is C22H24N4O3. The van der Waals surface area contributed by atoms with E-state index in [9.17, 15) is 4.79 Å². The van der Waals surface area contributed by atoms with E-state index in [0.717, 1.165) is 26.9 Å². The third kappa shape index (κ3) is 4.84. The summed E-state index contributed by atoms with van der Waals surface area (Å²) in [4.78, 5) is 12.2. The van der Waals surface area contributed by atoms with Crippen molar-refractivity contribution in [3.05, 3.63) is 83.9 Å². The van der Waals surface area contributed by atoms with E-state index in [1.807, 2.05) is 67.6 Å². The number of hydrazine groups is 2. The van der Waals surface area contributed by atoms with E-state index >= 15 is 0 Å². The molecular weight excluding hydrogens is 368 g/mol. The zero-order chi connectivity index (χ0) is 20.8. The van der Waals surface area contributed by atoms with Gasteiger partial charge in [-0.05, 0) is 36.8 Å². The van der Waals surface area contributed by atoms with Gasteiger partial charge in [-0.15, -0.1) is 0 Å². The van der Waals surface area contributed by atoms with Crippen LogP contribution in [-0.4, -0.2) is 18.1 Å². The Kier molecular flexibility index (Phi) is 6.33. The van der Waals surface area contributed by atoms with E-state index < -0.39 is 6.03 Å². The number of amides is 2. The molecule has 2 amide bonds. The highest BCUT2D eigenvalue weighted by molar-refractivity contribution is 5.92. The number of benzene rings is 3. The Morgan fingerprint density at radius 3 is 2.34 bits per heavy atom. The van der Waals surface area contributed by atoms with Gasteiger partial charge in [0, 0.05) is 12.6 Å². The van der Waals surface area contributed by atoms with Crippen molar-refractivity contribution in [3.63, 3.8) is 0 Å². The van der Waals surface area contributed by atoms with Crippen LogP contribution < -0.4 is 26.2 Å². The summed E-state index contributed by atoms with van der Waals surface area (Å²) in [7, 11) is 1.43. The largest absolute Gasteiger partial charge is 0.486 e. The number of hydrogen-bond donors (Lipinski definition) is 2. The lowest BCUT2D eigenvalue weighted by molar-refractivity contribution is 0.216. The van der Waals surface area contributed by atoms with Crippen molar-refractivity contribution in [2.24, 2.45) is 11.7 Å². The first-order valence-corrected chi connectivity index (χ1v) is 9.08. The molecule has 0 spiro atoms. The summed E-state index contributed by atoms with van der Waals surface area (Å²) in [5.74, 6) is 13.4.